The summed E-state index contributed by atoms with van der Waals surface area (Å²) in [6.45, 7) is 1.13. The molecule has 0 atom stereocenters. The van der Waals surface area contributed by atoms with Crippen LogP contribution in [0.5, 0.6) is 0 Å². The van der Waals surface area contributed by atoms with Crippen molar-refractivity contribution in [1.29, 1.82) is 0 Å². The Morgan fingerprint density at radius 2 is 2.16 bits per heavy atom. The Morgan fingerprint density at radius 1 is 1.47 bits per heavy atom. The molecule has 0 aliphatic carbocycles. The summed E-state index contributed by atoms with van der Waals surface area (Å²) in [4.78, 5) is 33.1. The predicted molar refractivity (Wildman–Crippen MR) is 67.2 cm³/mol. The van der Waals surface area contributed by atoms with E-state index >= 15 is 0 Å². The fourth-order valence-electron chi connectivity index (χ4n) is 1.99. The maximum atomic E-state index is 12.0. The minimum Gasteiger partial charge on any atom is -0.480 e. The van der Waals surface area contributed by atoms with E-state index in [0.29, 0.717) is 0 Å². The molecule has 0 radical (unpaired) electrons. The molecule has 2 aromatic rings. The van der Waals surface area contributed by atoms with Crippen molar-refractivity contribution in [1.82, 2.24) is 4.57 Å². The van der Waals surface area contributed by atoms with Gasteiger partial charge >= 0.3 is 5.97 Å². The molecule has 0 saturated carbocycles. The number of carboxylic acids is 1. The number of pyridine rings is 1. The van der Waals surface area contributed by atoms with Gasteiger partial charge in [-0.2, -0.15) is 0 Å². The monoisotopic (exact) mass is 262 g/mol. The minimum absolute atomic E-state index is 0.0613. The molecule has 0 spiro atoms. The molecule has 0 bridgehead atoms. The van der Waals surface area contributed by atoms with E-state index in [1.165, 1.54) is 35.9 Å². The van der Waals surface area contributed by atoms with E-state index in [4.69, 9.17) is 5.11 Å². The maximum Gasteiger partial charge on any atom is 0.323 e. The number of benzene rings is 1. The lowest BCUT2D eigenvalue weighted by Gasteiger charge is -2.09. The molecular weight excluding hydrogens is 252 g/mol. The van der Waals surface area contributed by atoms with Crippen molar-refractivity contribution in [2.45, 2.75) is 13.5 Å². The second-order valence-electron chi connectivity index (χ2n) is 4.09. The van der Waals surface area contributed by atoms with E-state index in [2.05, 4.69) is 0 Å². The number of non-ortho nitro benzene ring substituents is 1. The topological polar surface area (TPSA) is 102 Å². The van der Waals surface area contributed by atoms with Crippen LogP contribution in [0.3, 0.4) is 0 Å². The number of carbonyl (C=O) groups is 1. The molecule has 1 aromatic heterocycles. The molecule has 19 heavy (non-hydrogen) atoms. The molecule has 0 fully saturated rings. The summed E-state index contributed by atoms with van der Waals surface area (Å²) < 4.78 is 1.32. The zero-order valence-electron chi connectivity index (χ0n) is 9.99. The summed E-state index contributed by atoms with van der Waals surface area (Å²) >= 11 is 0. The highest BCUT2D eigenvalue weighted by Gasteiger charge is 2.18. The van der Waals surface area contributed by atoms with Crippen LogP contribution in [-0.2, 0) is 11.3 Å². The fraction of sp³-hybridized carbons (Fsp3) is 0.167. The first-order valence-electron chi connectivity index (χ1n) is 5.40. The van der Waals surface area contributed by atoms with Gasteiger partial charge in [0.25, 0.3) is 5.69 Å². The Balaban J connectivity index is 2.92. The highest BCUT2D eigenvalue weighted by molar-refractivity contribution is 5.89. The number of hydrogen-bond donors (Lipinski definition) is 1. The number of nitrogens with zero attached hydrogens (tertiary/aromatic N) is 2. The lowest BCUT2D eigenvalue weighted by molar-refractivity contribution is -0.383. The zero-order chi connectivity index (χ0) is 14.2. The Hall–Kier alpha value is -2.70. The van der Waals surface area contributed by atoms with Crippen molar-refractivity contribution < 1.29 is 14.8 Å². The molecule has 0 aliphatic rings. The number of nitro benzene ring substituents is 1. The summed E-state index contributed by atoms with van der Waals surface area (Å²) in [6.07, 6.45) is 1.39. The summed E-state index contributed by atoms with van der Waals surface area (Å²) in [5, 5.41) is 19.7. The van der Waals surface area contributed by atoms with Gasteiger partial charge in [0, 0.05) is 17.8 Å². The smallest absolute Gasteiger partial charge is 0.323 e. The number of fused-ring (bicyclic) bond motifs is 1. The van der Waals surface area contributed by atoms with Crippen molar-refractivity contribution in [2.75, 3.05) is 0 Å². The van der Waals surface area contributed by atoms with E-state index in [9.17, 15) is 19.7 Å². The van der Waals surface area contributed by atoms with Crippen molar-refractivity contribution in [3.8, 4) is 0 Å². The quantitative estimate of drug-likeness (QED) is 0.663. The first kappa shape index (κ1) is 12.7. The molecule has 7 nitrogen and oxygen atoms in total. The van der Waals surface area contributed by atoms with E-state index < -0.39 is 16.3 Å². The van der Waals surface area contributed by atoms with Gasteiger partial charge in [-0.05, 0) is 13.0 Å². The molecule has 7 heteroatoms. The number of nitro groups is 1. The van der Waals surface area contributed by atoms with Gasteiger partial charge in [-0.25, -0.2) is 0 Å². The number of rotatable bonds is 3. The molecule has 1 heterocycles. The highest BCUT2D eigenvalue weighted by atomic mass is 16.6. The normalized spacial score (nSPS) is 10.6. The average Bonchev–Trinajstić information content (AvgIpc) is 2.34. The summed E-state index contributed by atoms with van der Waals surface area (Å²) in [7, 11) is 0. The van der Waals surface area contributed by atoms with Gasteiger partial charge in [0.1, 0.15) is 11.9 Å². The van der Waals surface area contributed by atoms with Crippen LogP contribution >= 0.6 is 0 Å². The minimum atomic E-state index is -1.09. The van der Waals surface area contributed by atoms with Gasteiger partial charge in [-0.3, -0.25) is 19.7 Å². The summed E-state index contributed by atoms with van der Waals surface area (Å²) in [6, 6.07) is 4.15. The first-order chi connectivity index (χ1) is 8.91. The van der Waals surface area contributed by atoms with Crippen LogP contribution in [0.4, 0.5) is 5.69 Å². The Bertz CT molecular complexity index is 748. The van der Waals surface area contributed by atoms with Crippen molar-refractivity contribution in [2.24, 2.45) is 0 Å². The molecule has 0 unspecified atom stereocenters. The predicted octanol–water partition coefficient (Wildman–Crippen LogP) is 1.30. The third-order valence-electron chi connectivity index (χ3n) is 2.77. The van der Waals surface area contributed by atoms with Gasteiger partial charge in [-0.1, -0.05) is 6.07 Å². The number of aromatic nitrogens is 1. The summed E-state index contributed by atoms with van der Waals surface area (Å²) in [5.41, 5.74) is -0.260. The van der Waals surface area contributed by atoms with Crippen LogP contribution in [0.25, 0.3) is 10.9 Å². The molecule has 1 N–H and O–H groups in total. The molecule has 0 amide bonds. The third-order valence-corrected chi connectivity index (χ3v) is 2.77. The van der Waals surface area contributed by atoms with E-state index in [1.54, 1.807) is 0 Å². The van der Waals surface area contributed by atoms with Crippen LogP contribution in [0.1, 0.15) is 5.56 Å². The van der Waals surface area contributed by atoms with Crippen molar-refractivity contribution in [3.05, 3.63) is 50.3 Å². The zero-order valence-corrected chi connectivity index (χ0v) is 9.99. The number of hydrogen-bond acceptors (Lipinski definition) is 4. The maximum absolute atomic E-state index is 12.0. The molecular formula is C12H10N2O5. The van der Waals surface area contributed by atoms with Crippen LogP contribution in [-0.4, -0.2) is 20.6 Å². The van der Waals surface area contributed by atoms with E-state index in [-0.39, 0.29) is 28.7 Å². The first-order valence-corrected chi connectivity index (χ1v) is 5.40. The highest BCUT2D eigenvalue weighted by Crippen LogP contribution is 2.22. The van der Waals surface area contributed by atoms with Gasteiger partial charge in [0.15, 0.2) is 5.43 Å². The molecule has 2 rings (SSSR count). The molecule has 0 saturated heterocycles. The Labute approximate surface area is 106 Å². The second kappa shape index (κ2) is 4.52. The number of carboxylic acid groups (broad SMARTS) is 1. The van der Waals surface area contributed by atoms with Gasteiger partial charge in [0.05, 0.1) is 10.4 Å². The SMILES string of the molecule is Cc1cn(CC(=O)O)c2cccc([N+](=O)[O-])c2c1=O. The Morgan fingerprint density at radius 3 is 2.74 bits per heavy atom. The largest absolute Gasteiger partial charge is 0.480 e. The number of aryl methyl sites for hydroxylation is 1. The van der Waals surface area contributed by atoms with Gasteiger partial charge < -0.3 is 9.67 Å². The standard InChI is InChI=1S/C12H10N2O5/c1-7-5-13(6-10(15)16)8-3-2-4-9(14(18)19)11(8)12(7)17/h2-5H,6H2,1H3,(H,15,16). The van der Waals surface area contributed by atoms with Crippen LogP contribution in [0, 0.1) is 17.0 Å². The van der Waals surface area contributed by atoms with Crippen LogP contribution in [0.2, 0.25) is 0 Å². The van der Waals surface area contributed by atoms with Crippen LogP contribution < -0.4 is 5.43 Å². The Kier molecular flexibility index (Phi) is 3.04. The molecule has 98 valence electrons. The average molecular weight is 262 g/mol. The van der Waals surface area contributed by atoms with Gasteiger partial charge in [-0.15, -0.1) is 0 Å². The number of aliphatic carboxylic acids is 1. The second-order valence-corrected chi connectivity index (χ2v) is 4.09. The van der Waals surface area contributed by atoms with Crippen molar-refractivity contribution in [3.63, 3.8) is 0 Å². The summed E-state index contributed by atoms with van der Waals surface area (Å²) in [5.74, 6) is -1.09. The van der Waals surface area contributed by atoms with Crippen molar-refractivity contribution >= 4 is 22.6 Å². The van der Waals surface area contributed by atoms with E-state index in [1.807, 2.05) is 0 Å². The lowest BCUT2D eigenvalue weighted by atomic mass is 10.1. The molecule has 1 aromatic carbocycles. The lowest BCUT2D eigenvalue weighted by Crippen LogP contribution is -2.17. The van der Waals surface area contributed by atoms with Gasteiger partial charge in [0.2, 0.25) is 0 Å². The molecule has 0 aliphatic heterocycles. The van der Waals surface area contributed by atoms with Crippen LogP contribution in [0.15, 0.2) is 29.2 Å². The fourth-order valence-corrected chi connectivity index (χ4v) is 1.99. The van der Waals surface area contributed by atoms with E-state index in [0.717, 1.165) is 0 Å². The third kappa shape index (κ3) is 2.17.